The molecule has 0 aromatic carbocycles. The molecule has 4 aliphatic carbocycles. The molecule has 0 radical (unpaired) electrons. The third kappa shape index (κ3) is 15.7. The van der Waals surface area contributed by atoms with Crippen molar-refractivity contribution in [2.75, 3.05) is 13.1 Å². The van der Waals surface area contributed by atoms with Gasteiger partial charge in [-0.15, -0.1) is 0 Å². The lowest BCUT2D eigenvalue weighted by Gasteiger charge is -2.36. The van der Waals surface area contributed by atoms with Gasteiger partial charge in [-0.1, -0.05) is 27.7 Å². The molecule has 16 nitrogen and oxygen atoms in total. The van der Waals surface area contributed by atoms with Crippen LogP contribution in [0.25, 0.3) is 0 Å². The Labute approximate surface area is 392 Å². The number of aliphatic hydroxyl groups excluding tert-OH is 2. The summed E-state index contributed by atoms with van der Waals surface area (Å²) in [5.41, 5.74) is 11.8. The summed E-state index contributed by atoms with van der Waals surface area (Å²) in [5.74, 6) is -1.57. The third-order valence-electron chi connectivity index (χ3n) is 15.5. The highest BCUT2D eigenvalue weighted by Gasteiger charge is 2.41. The number of likely N-dealkylation sites (tertiary alicyclic amines) is 2. The van der Waals surface area contributed by atoms with Gasteiger partial charge in [0.25, 0.3) is 0 Å². The first-order valence-electron chi connectivity index (χ1n) is 25.5. The van der Waals surface area contributed by atoms with Crippen molar-refractivity contribution in [2.45, 2.75) is 205 Å². The summed E-state index contributed by atoms with van der Waals surface area (Å²) in [6.07, 6.45) is 11.7. The molecule has 372 valence electrons. The van der Waals surface area contributed by atoms with Crippen LogP contribution in [0.1, 0.15) is 169 Å². The Morgan fingerprint density at radius 3 is 1.30 bits per heavy atom. The van der Waals surface area contributed by atoms with Crippen molar-refractivity contribution >= 4 is 47.0 Å². The zero-order valence-electron chi connectivity index (χ0n) is 40.3. The van der Waals surface area contributed by atoms with Crippen LogP contribution in [0.3, 0.4) is 0 Å². The molecule has 2 aliphatic heterocycles. The van der Waals surface area contributed by atoms with Crippen LogP contribution in [0, 0.1) is 47.3 Å². The van der Waals surface area contributed by atoms with Gasteiger partial charge in [-0.25, -0.2) is 0 Å². The molecule has 0 spiro atoms. The molecule has 0 bridgehead atoms. The van der Waals surface area contributed by atoms with E-state index in [1.165, 1.54) is 9.80 Å². The van der Waals surface area contributed by atoms with Crippen LogP contribution in [0.5, 0.6) is 0 Å². The lowest BCUT2D eigenvalue weighted by Crippen LogP contribution is -2.47. The number of hydrogen-bond donors (Lipinski definition) is 6. The number of imide groups is 2. The normalized spacial score (nSPS) is 32.7. The topological polar surface area (TPSA) is 260 Å². The summed E-state index contributed by atoms with van der Waals surface area (Å²) in [5, 5.41) is 27.5. The van der Waals surface area contributed by atoms with Crippen molar-refractivity contribution in [2.24, 2.45) is 58.8 Å². The second-order valence-corrected chi connectivity index (χ2v) is 21.6. The second kappa shape index (κ2) is 25.1. The molecule has 2 saturated heterocycles. The van der Waals surface area contributed by atoms with Gasteiger partial charge in [-0.05, 0) is 126 Å². The van der Waals surface area contributed by atoms with E-state index in [0.717, 1.165) is 64.2 Å². The van der Waals surface area contributed by atoms with E-state index in [1.54, 1.807) is 0 Å². The number of hydrogen-bond acceptors (Lipinski definition) is 12. The van der Waals surface area contributed by atoms with Crippen LogP contribution < -0.4 is 22.1 Å². The smallest absolute Gasteiger partial charge is 0.229 e. The summed E-state index contributed by atoms with van der Waals surface area (Å²) < 4.78 is 0. The van der Waals surface area contributed by atoms with Gasteiger partial charge in [0.1, 0.15) is 11.6 Å². The maximum absolute atomic E-state index is 12.6. The van der Waals surface area contributed by atoms with E-state index in [-0.39, 0.29) is 140 Å². The van der Waals surface area contributed by atoms with Gasteiger partial charge < -0.3 is 32.3 Å². The van der Waals surface area contributed by atoms with E-state index < -0.39 is 24.0 Å². The summed E-state index contributed by atoms with van der Waals surface area (Å²) in [6.45, 7) is 8.42. The van der Waals surface area contributed by atoms with Gasteiger partial charge >= 0.3 is 0 Å². The van der Waals surface area contributed by atoms with E-state index in [4.69, 9.17) is 11.5 Å². The van der Waals surface area contributed by atoms with Crippen LogP contribution in [0.4, 0.5) is 0 Å². The minimum absolute atomic E-state index is 0.0201. The Bertz CT molecular complexity index is 1680. The molecule has 0 aromatic rings. The predicted molar refractivity (Wildman–Crippen MR) is 247 cm³/mol. The maximum atomic E-state index is 12.6. The van der Waals surface area contributed by atoms with Gasteiger partial charge in [0.15, 0.2) is 0 Å². The molecule has 4 unspecified atom stereocenters. The van der Waals surface area contributed by atoms with Gasteiger partial charge in [-0.3, -0.25) is 48.2 Å². The molecule has 6 fully saturated rings. The van der Waals surface area contributed by atoms with Crippen LogP contribution in [-0.4, -0.2) is 116 Å². The Kier molecular flexibility index (Phi) is 20.3. The average molecular weight is 927 g/mol. The minimum Gasteiger partial charge on any atom is -0.392 e. The first-order valence-corrected chi connectivity index (χ1v) is 25.5. The monoisotopic (exact) mass is 927 g/mol. The van der Waals surface area contributed by atoms with Crippen LogP contribution in [-0.2, 0) is 38.4 Å². The first-order chi connectivity index (χ1) is 31.3. The molecule has 6 rings (SSSR count). The fourth-order valence-electron chi connectivity index (χ4n) is 11.7. The van der Waals surface area contributed by atoms with Crippen molar-refractivity contribution in [1.82, 2.24) is 20.4 Å². The summed E-state index contributed by atoms with van der Waals surface area (Å²) in [4.78, 5) is 102. The zero-order chi connectivity index (χ0) is 48.2. The second-order valence-electron chi connectivity index (χ2n) is 21.6. The molecule has 6 aliphatic rings. The van der Waals surface area contributed by atoms with Crippen LogP contribution in [0.2, 0.25) is 0 Å². The van der Waals surface area contributed by atoms with Crippen molar-refractivity contribution in [1.29, 1.82) is 0 Å². The molecule has 2 heterocycles. The molecular weight excluding hydrogens is 845 g/mol. The number of Topliss-reactive ketones (excluding diaryl/α,β-unsaturated/α-hetero) is 2. The standard InChI is InChI=1S/C26H43N3O5.C24H39N3O5/c1-16-11-17(2)26(34)21(12-16)22(30)13-18-14-24(32)29(25(33)15-18)10-4-3-5-23(31)28-20-8-6-19(27)7-9-20;1-14-9-15(2)24(32)19(10-14)20(28)11-16-12-22(30)27(23(31)13-16)8-7-21(29)26-18-5-3-17(25)4-6-18/h16-22,30H,3-15,27H2,1-2H3,(H,28,31);14-20,28H,3-13,25H2,1-2H3,(H,26,29)/t16-,17?,19?,20?,21?,22+;14-,15?,17?,18?,19?,20+/m00/s1. The van der Waals surface area contributed by atoms with E-state index in [0.29, 0.717) is 56.9 Å². The number of nitrogens with two attached hydrogens (primary N) is 2. The molecule has 0 aromatic heterocycles. The molecule has 6 amide bonds. The van der Waals surface area contributed by atoms with E-state index in [9.17, 15) is 48.6 Å². The molecule has 66 heavy (non-hydrogen) atoms. The number of rotatable bonds is 16. The molecule has 8 N–H and O–H groups in total. The number of nitrogens with zero attached hydrogens (tertiary/aromatic N) is 2. The van der Waals surface area contributed by atoms with E-state index in [1.807, 2.05) is 13.8 Å². The lowest BCUT2D eigenvalue weighted by molar-refractivity contribution is -0.153. The highest BCUT2D eigenvalue weighted by Crippen LogP contribution is 2.37. The summed E-state index contributed by atoms with van der Waals surface area (Å²) >= 11 is 0. The number of piperidine rings is 2. The number of nitrogens with one attached hydrogen (secondary N) is 2. The summed E-state index contributed by atoms with van der Waals surface area (Å²) in [6, 6.07) is 0.785. The molecule has 4 saturated carbocycles. The van der Waals surface area contributed by atoms with E-state index in [2.05, 4.69) is 24.5 Å². The lowest BCUT2D eigenvalue weighted by atomic mass is 9.71. The van der Waals surface area contributed by atoms with Gasteiger partial charge in [-0.2, -0.15) is 0 Å². The number of aliphatic hydroxyl groups is 2. The number of amides is 6. The van der Waals surface area contributed by atoms with Crippen LogP contribution in [0.15, 0.2) is 0 Å². The highest BCUT2D eigenvalue weighted by molar-refractivity contribution is 5.99. The number of carbonyl (C=O) groups excluding carboxylic acids is 8. The first kappa shape index (κ1) is 53.4. The Morgan fingerprint density at radius 2 is 0.909 bits per heavy atom. The Hall–Kier alpha value is -3.60. The highest BCUT2D eigenvalue weighted by atomic mass is 16.3. The SMILES string of the molecule is CC1C[C@H](C)CC([C@H](O)CC2CC(=O)N(CCC(=O)NC3CCC(N)CC3)C(=O)C2)C1=O.CC1C[C@H](C)CC([C@H](O)CC2CC(=O)N(CCCCC(=O)NC3CCC(N)CC3)C(=O)C2)C1=O. The largest absolute Gasteiger partial charge is 0.392 e. The van der Waals surface area contributed by atoms with Gasteiger partial charge in [0.2, 0.25) is 35.4 Å². The fourth-order valence-corrected chi connectivity index (χ4v) is 11.7. The van der Waals surface area contributed by atoms with Gasteiger partial charge in [0.05, 0.1) is 12.2 Å². The van der Waals surface area contributed by atoms with E-state index >= 15 is 0 Å². The van der Waals surface area contributed by atoms with Crippen molar-refractivity contribution in [3.63, 3.8) is 0 Å². The molecule has 16 heteroatoms. The molecule has 8 atom stereocenters. The number of ketones is 2. The molecular formula is C50H82N6O10. The minimum atomic E-state index is -0.820. The average Bonchev–Trinajstić information content (AvgIpc) is 3.24. The fraction of sp³-hybridized carbons (Fsp3) is 0.840. The number of carbonyl (C=O) groups is 8. The zero-order valence-corrected chi connectivity index (χ0v) is 40.3. The number of unbranched alkanes of at least 4 members (excludes halogenated alkanes) is 1. The Balaban J connectivity index is 0.000000248. The van der Waals surface area contributed by atoms with Gasteiger partial charge in [0, 0.05) is 99.5 Å². The quantitative estimate of drug-likeness (QED) is 0.0954. The maximum Gasteiger partial charge on any atom is 0.229 e. The van der Waals surface area contributed by atoms with Crippen molar-refractivity contribution < 1.29 is 48.6 Å². The third-order valence-corrected chi connectivity index (χ3v) is 15.5. The Morgan fingerprint density at radius 1 is 0.545 bits per heavy atom. The van der Waals surface area contributed by atoms with Crippen molar-refractivity contribution in [3.05, 3.63) is 0 Å². The van der Waals surface area contributed by atoms with Crippen molar-refractivity contribution in [3.8, 4) is 0 Å². The summed E-state index contributed by atoms with van der Waals surface area (Å²) in [7, 11) is 0. The predicted octanol–water partition coefficient (Wildman–Crippen LogP) is 3.84. The van der Waals surface area contributed by atoms with Crippen LogP contribution >= 0.6 is 0 Å².